The molecule has 2 aliphatic heterocycles. The quantitative estimate of drug-likeness (QED) is 0.800. The zero-order valence-electron chi connectivity index (χ0n) is 12.9. The maximum atomic E-state index is 4.96. The van der Waals surface area contributed by atoms with Gasteiger partial charge in [-0.3, -0.25) is 5.01 Å². The highest BCUT2D eigenvalue weighted by atomic mass is 15.6. The van der Waals surface area contributed by atoms with Crippen LogP contribution in [0.4, 0.5) is 0 Å². The van der Waals surface area contributed by atoms with E-state index in [2.05, 4.69) is 77.6 Å². The molecule has 3 heteroatoms. The van der Waals surface area contributed by atoms with Crippen LogP contribution in [0, 0.1) is 0 Å². The first kappa shape index (κ1) is 13.4. The van der Waals surface area contributed by atoms with Crippen molar-refractivity contribution in [1.29, 1.82) is 0 Å². The molecule has 0 amide bonds. The van der Waals surface area contributed by atoms with Crippen molar-refractivity contribution in [2.75, 3.05) is 13.6 Å². The fourth-order valence-electron chi connectivity index (χ4n) is 3.37. The molecule has 0 aromatic heterocycles. The van der Waals surface area contributed by atoms with Crippen LogP contribution in [0.3, 0.4) is 0 Å². The van der Waals surface area contributed by atoms with Crippen molar-refractivity contribution >= 4 is 5.84 Å². The van der Waals surface area contributed by atoms with Crippen molar-refractivity contribution in [1.82, 2.24) is 9.91 Å². The average molecular weight is 291 g/mol. The lowest BCUT2D eigenvalue weighted by molar-refractivity contribution is 0.486. The lowest BCUT2D eigenvalue weighted by Crippen LogP contribution is -2.20. The van der Waals surface area contributed by atoms with E-state index in [-0.39, 0.29) is 0 Å². The summed E-state index contributed by atoms with van der Waals surface area (Å²) in [4.78, 5) is 2.28. The van der Waals surface area contributed by atoms with Gasteiger partial charge in [0.2, 0.25) is 0 Å². The van der Waals surface area contributed by atoms with Crippen molar-refractivity contribution in [3.05, 3.63) is 71.8 Å². The minimum atomic E-state index is 0.366. The molecule has 2 heterocycles. The molecule has 0 bridgehead atoms. The van der Waals surface area contributed by atoms with Gasteiger partial charge in [-0.15, -0.1) is 0 Å². The van der Waals surface area contributed by atoms with Gasteiger partial charge in [-0.1, -0.05) is 60.7 Å². The fraction of sp³-hybridized carbons (Fsp3) is 0.316. The molecule has 0 N–H and O–H groups in total. The Kier molecular flexibility index (Phi) is 3.34. The summed E-state index contributed by atoms with van der Waals surface area (Å²) in [6, 6.07) is 22.2. The molecular weight excluding hydrogens is 270 g/mol. The van der Waals surface area contributed by atoms with Crippen LogP contribution in [0.1, 0.15) is 36.1 Å². The van der Waals surface area contributed by atoms with Crippen LogP contribution in [0.15, 0.2) is 65.8 Å². The van der Waals surface area contributed by atoms with E-state index >= 15 is 0 Å². The number of benzene rings is 2. The predicted molar refractivity (Wildman–Crippen MR) is 89.5 cm³/mol. The van der Waals surface area contributed by atoms with E-state index in [9.17, 15) is 0 Å². The maximum Gasteiger partial charge on any atom is 0.124 e. The standard InChI is InChI=1S/C19H21N3/c1-21-14-8-13-17(21)20-22-18(15-9-4-2-5-10-15)19(22)16-11-6-3-7-12-16/h2-7,9-12,18-19H,8,13-14H2,1H3/b20-17-. The number of hydrogen-bond donors (Lipinski definition) is 0. The van der Waals surface area contributed by atoms with Crippen molar-refractivity contribution in [2.24, 2.45) is 5.10 Å². The molecule has 112 valence electrons. The summed E-state index contributed by atoms with van der Waals surface area (Å²) < 4.78 is 0. The van der Waals surface area contributed by atoms with E-state index in [1.54, 1.807) is 0 Å². The second-order valence-corrected chi connectivity index (χ2v) is 6.13. The summed E-state index contributed by atoms with van der Waals surface area (Å²) in [5.41, 5.74) is 2.70. The number of hydrazone groups is 1. The number of hydrogen-bond acceptors (Lipinski definition) is 2. The zero-order valence-corrected chi connectivity index (χ0v) is 12.9. The van der Waals surface area contributed by atoms with Gasteiger partial charge < -0.3 is 4.90 Å². The normalized spacial score (nSPS) is 25.8. The lowest BCUT2D eigenvalue weighted by atomic mass is 10.0. The number of nitrogens with zero attached hydrogens (tertiary/aromatic N) is 3. The Morgan fingerprint density at radius 1 is 0.864 bits per heavy atom. The van der Waals surface area contributed by atoms with Gasteiger partial charge in [0.05, 0.1) is 12.1 Å². The molecular formula is C19H21N3. The Balaban J connectivity index is 1.66. The molecule has 3 nitrogen and oxygen atoms in total. The van der Waals surface area contributed by atoms with E-state index in [0.717, 1.165) is 13.0 Å². The Morgan fingerprint density at radius 3 is 1.86 bits per heavy atom. The van der Waals surface area contributed by atoms with Gasteiger partial charge >= 0.3 is 0 Å². The van der Waals surface area contributed by atoms with Gasteiger partial charge in [0, 0.05) is 20.0 Å². The minimum absolute atomic E-state index is 0.366. The van der Waals surface area contributed by atoms with Crippen LogP contribution in [0.5, 0.6) is 0 Å². The first-order valence-corrected chi connectivity index (χ1v) is 8.01. The van der Waals surface area contributed by atoms with Crippen LogP contribution < -0.4 is 0 Å². The summed E-state index contributed by atoms with van der Waals surface area (Å²) in [6.45, 7) is 1.12. The molecule has 0 aliphatic carbocycles. The molecule has 2 aromatic rings. The summed E-state index contributed by atoms with van der Waals surface area (Å²) in [5.74, 6) is 1.22. The average Bonchev–Trinajstić information content (AvgIpc) is 3.15. The summed E-state index contributed by atoms with van der Waals surface area (Å²) in [7, 11) is 2.14. The Hall–Kier alpha value is -2.29. The molecule has 2 aliphatic rings. The summed E-state index contributed by atoms with van der Waals surface area (Å²) in [6.07, 6.45) is 2.31. The monoisotopic (exact) mass is 291 g/mol. The fourth-order valence-corrected chi connectivity index (χ4v) is 3.37. The third-order valence-electron chi connectivity index (χ3n) is 4.63. The number of amidine groups is 1. The van der Waals surface area contributed by atoms with Gasteiger partial charge in [0.1, 0.15) is 5.84 Å². The van der Waals surface area contributed by atoms with E-state index in [1.807, 2.05) is 0 Å². The molecule has 2 fully saturated rings. The lowest BCUT2D eigenvalue weighted by Gasteiger charge is -2.11. The van der Waals surface area contributed by atoms with Crippen LogP contribution in [-0.2, 0) is 0 Å². The van der Waals surface area contributed by atoms with E-state index < -0.39 is 0 Å². The van der Waals surface area contributed by atoms with E-state index in [1.165, 1.54) is 23.4 Å². The highest BCUT2D eigenvalue weighted by Crippen LogP contribution is 2.54. The van der Waals surface area contributed by atoms with Crippen molar-refractivity contribution < 1.29 is 0 Å². The zero-order chi connectivity index (χ0) is 14.9. The van der Waals surface area contributed by atoms with Crippen LogP contribution in [-0.4, -0.2) is 29.3 Å². The Labute approximate surface area is 131 Å². The Bertz CT molecular complexity index is 620. The molecule has 0 spiro atoms. The SMILES string of the molecule is CN1CCC/C1=N/N1C(c2ccccc2)C1c1ccccc1. The first-order chi connectivity index (χ1) is 10.8. The van der Waals surface area contributed by atoms with Gasteiger partial charge in [-0.05, 0) is 17.5 Å². The third-order valence-corrected chi connectivity index (χ3v) is 4.63. The molecule has 22 heavy (non-hydrogen) atoms. The highest BCUT2D eigenvalue weighted by Gasteiger charge is 2.49. The number of rotatable bonds is 3. The van der Waals surface area contributed by atoms with Crippen LogP contribution in [0.25, 0.3) is 0 Å². The minimum Gasteiger partial charge on any atom is -0.362 e. The van der Waals surface area contributed by atoms with Gasteiger partial charge in [-0.25, -0.2) is 0 Å². The largest absolute Gasteiger partial charge is 0.362 e. The van der Waals surface area contributed by atoms with Crippen LogP contribution in [0.2, 0.25) is 0 Å². The summed E-state index contributed by atoms with van der Waals surface area (Å²) in [5, 5.41) is 7.23. The molecule has 4 rings (SSSR count). The first-order valence-electron chi connectivity index (χ1n) is 8.01. The van der Waals surface area contributed by atoms with Gasteiger partial charge in [-0.2, -0.15) is 5.10 Å². The molecule has 2 atom stereocenters. The second kappa shape index (κ2) is 5.48. The molecule has 0 saturated carbocycles. The predicted octanol–water partition coefficient (Wildman–Crippen LogP) is 3.82. The molecule has 2 saturated heterocycles. The third kappa shape index (κ3) is 2.37. The van der Waals surface area contributed by atoms with Gasteiger partial charge in [0.15, 0.2) is 0 Å². The Morgan fingerprint density at radius 2 is 1.41 bits per heavy atom. The van der Waals surface area contributed by atoms with Crippen LogP contribution >= 0.6 is 0 Å². The van der Waals surface area contributed by atoms with Crippen molar-refractivity contribution in [3.8, 4) is 0 Å². The second-order valence-electron chi connectivity index (χ2n) is 6.13. The van der Waals surface area contributed by atoms with Gasteiger partial charge in [0.25, 0.3) is 0 Å². The maximum absolute atomic E-state index is 4.96. The smallest absolute Gasteiger partial charge is 0.124 e. The summed E-state index contributed by atoms with van der Waals surface area (Å²) >= 11 is 0. The molecule has 2 aromatic carbocycles. The molecule has 0 radical (unpaired) electrons. The van der Waals surface area contributed by atoms with E-state index in [4.69, 9.17) is 5.10 Å². The van der Waals surface area contributed by atoms with E-state index in [0.29, 0.717) is 12.1 Å². The van der Waals surface area contributed by atoms with Crippen molar-refractivity contribution in [3.63, 3.8) is 0 Å². The number of likely N-dealkylation sites (tertiary alicyclic amines) is 1. The molecule has 2 unspecified atom stereocenters. The van der Waals surface area contributed by atoms with Crippen molar-refractivity contribution in [2.45, 2.75) is 24.9 Å². The topological polar surface area (TPSA) is 18.6 Å². The highest BCUT2D eigenvalue weighted by molar-refractivity contribution is 5.83.